The zero-order valence-electron chi connectivity index (χ0n) is 20.0. The van der Waals surface area contributed by atoms with Crippen LogP contribution in [0.4, 0.5) is 0 Å². The molecule has 0 radical (unpaired) electrons. The van der Waals surface area contributed by atoms with Crippen LogP contribution in [0.3, 0.4) is 0 Å². The zero-order chi connectivity index (χ0) is 24.3. The van der Waals surface area contributed by atoms with Crippen molar-refractivity contribution in [2.24, 2.45) is 0 Å². The number of benzene rings is 3. The molecule has 3 aromatic carbocycles. The summed E-state index contributed by atoms with van der Waals surface area (Å²) in [6.45, 7) is 5.05. The van der Waals surface area contributed by atoms with Crippen LogP contribution in [-0.4, -0.2) is 29.3 Å². The van der Waals surface area contributed by atoms with Crippen molar-refractivity contribution in [2.45, 2.75) is 52.1 Å². The van der Waals surface area contributed by atoms with E-state index in [1.807, 2.05) is 61.5 Å². The van der Waals surface area contributed by atoms with Gasteiger partial charge in [-0.05, 0) is 48.6 Å². The van der Waals surface area contributed by atoms with Crippen molar-refractivity contribution in [3.63, 3.8) is 0 Å². The van der Waals surface area contributed by atoms with Gasteiger partial charge in [0.05, 0.1) is 0 Å². The van der Waals surface area contributed by atoms with Crippen LogP contribution in [0.25, 0.3) is 0 Å². The molecule has 178 valence electrons. The predicted octanol–water partition coefficient (Wildman–Crippen LogP) is 5.86. The molecular weight excluding hydrogens is 488 g/mol. The number of halogens is 1. The van der Waals surface area contributed by atoms with Crippen molar-refractivity contribution in [3.8, 4) is 0 Å². The van der Waals surface area contributed by atoms with Gasteiger partial charge in [-0.15, -0.1) is 0 Å². The average molecular weight is 521 g/mol. The minimum absolute atomic E-state index is 0.0202. The third-order valence-electron chi connectivity index (χ3n) is 5.81. The van der Waals surface area contributed by atoms with Crippen molar-refractivity contribution in [3.05, 3.63) is 106 Å². The summed E-state index contributed by atoms with van der Waals surface area (Å²) in [6.07, 6.45) is 2.31. The highest BCUT2D eigenvalue weighted by molar-refractivity contribution is 9.10. The van der Waals surface area contributed by atoms with Gasteiger partial charge < -0.3 is 10.2 Å². The lowest BCUT2D eigenvalue weighted by Crippen LogP contribution is -2.50. The highest BCUT2D eigenvalue weighted by Crippen LogP contribution is 2.19. The van der Waals surface area contributed by atoms with E-state index in [-0.39, 0.29) is 11.8 Å². The fraction of sp³-hybridized carbons (Fsp3) is 0.310. The van der Waals surface area contributed by atoms with E-state index in [9.17, 15) is 9.59 Å². The van der Waals surface area contributed by atoms with Gasteiger partial charge in [-0.2, -0.15) is 0 Å². The Hall–Kier alpha value is -2.92. The van der Waals surface area contributed by atoms with E-state index < -0.39 is 6.04 Å². The highest BCUT2D eigenvalue weighted by Gasteiger charge is 2.30. The number of rotatable bonds is 11. The first-order valence-corrected chi connectivity index (χ1v) is 12.7. The molecule has 0 bridgehead atoms. The van der Waals surface area contributed by atoms with E-state index in [1.165, 1.54) is 5.56 Å². The summed E-state index contributed by atoms with van der Waals surface area (Å²) in [5, 5.41) is 3.02. The molecule has 0 aliphatic carbocycles. The molecule has 0 unspecified atom stereocenters. The second-order valence-corrected chi connectivity index (χ2v) is 9.55. The number of carbonyl (C=O) groups is 2. The van der Waals surface area contributed by atoms with Crippen molar-refractivity contribution in [1.82, 2.24) is 10.2 Å². The number of hydrogen-bond donors (Lipinski definition) is 1. The molecule has 0 aliphatic heterocycles. The quantitative estimate of drug-likeness (QED) is 0.344. The van der Waals surface area contributed by atoms with Crippen LogP contribution in [0.1, 0.15) is 42.0 Å². The maximum absolute atomic E-state index is 13.6. The molecule has 0 spiro atoms. The van der Waals surface area contributed by atoms with Gasteiger partial charge in [0.15, 0.2) is 0 Å². The lowest BCUT2D eigenvalue weighted by molar-refractivity contribution is -0.141. The number of nitrogens with one attached hydrogen (secondary N) is 1. The molecule has 0 fully saturated rings. The monoisotopic (exact) mass is 520 g/mol. The largest absolute Gasteiger partial charge is 0.354 e. The third-order valence-corrected chi connectivity index (χ3v) is 6.30. The Bertz CT molecular complexity index is 1070. The summed E-state index contributed by atoms with van der Waals surface area (Å²) in [6, 6.07) is 25.5. The van der Waals surface area contributed by atoms with Gasteiger partial charge in [0.1, 0.15) is 6.04 Å². The Morgan fingerprint density at radius 3 is 2.29 bits per heavy atom. The Morgan fingerprint density at radius 2 is 1.62 bits per heavy atom. The highest BCUT2D eigenvalue weighted by atomic mass is 79.9. The van der Waals surface area contributed by atoms with Crippen LogP contribution in [-0.2, 0) is 29.0 Å². The number of nitrogens with zero attached hydrogens (tertiary/aromatic N) is 1. The van der Waals surface area contributed by atoms with Crippen LogP contribution in [0.15, 0.2) is 83.3 Å². The molecule has 0 saturated heterocycles. The molecule has 34 heavy (non-hydrogen) atoms. The molecule has 0 aromatic heterocycles. The van der Waals surface area contributed by atoms with Crippen molar-refractivity contribution < 1.29 is 9.59 Å². The lowest BCUT2D eigenvalue weighted by atomic mass is 10.0. The molecule has 2 amide bonds. The number of hydrogen-bond acceptors (Lipinski definition) is 2. The van der Waals surface area contributed by atoms with Crippen molar-refractivity contribution >= 4 is 27.7 Å². The fourth-order valence-corrected chi connectivity index (χ4v) is 4.35. The molecule has 1 N–H and O–H groups in total. The van der Waals surface area contributed by atoms with Gasteiger partial charge >= 0.3 is 0 Å². The van der Waals surface area contributed by atoms with Gasteiger partial charge in [0.2, 0.25) is 11.8 Å². The summed E-state index contributed by atoms with van der Waals surface area (Å²) in [5.74, 6) is -0.127. The Morgan fingerprint density at radius 1 is 0.912 bits per heavy atom. The van der Waals surface area contributed by atoms with Crippen LogP contribution >= 0.6 is 15.9 Å². The first-order valence-electron chi connectivity index (χ1n) is 11.9. The normalized spacial score (nSPS) is 11.6. The molecule has 1 atom stereocenters. The number of carbonyl (C=O) groups excluding carboxylic acids is 2. The van der Waals surface area contributed by atoms with E-state index in [1.54, 1.807) is 4.90 Å². The lowest BCUT2D eigenvalue weighted by Gasteiger charge is -2.31. The molecular formula is C29H33BrN2O2. The fourth-order valence-electron chi connectivity index (χ4n) is 3.90. The van der Waals surface area contributed by atoms with E-state index in [4.69, 9.17) is 0 Å². The molecule has 5 heteroatoms. The standard InChI is InChI=1S/C29H33BrN2O2/c1-3-18-31-29(34)27(20-24-8-5-4-6-9-24)32(21-25-10-7-11-26(30)19-25)28(33)17-16-23-14-12-22(2)13-15-23/h4-15,19,27H,3,16-18,20-21H2,1-2H3,(H,31,34)/t27-/m0/s1. The van der Waals surface area contributed by atoms with Crippen molar-refractivity contribution in [2.75, 3.05) is 6.54 Å². The minimum Gasteiger partial charge on any atom is -0.354 e. The SMILES string of the molecule is CCCNC(=O)[C@H](Cc1ccccc1)N(Cc1cccc(Br)c1)C(=O)CCc1ccc(C)cc1. The van der Waals surface area contributed by atoms with Gasteiger partial charge in [-0.3, -0.25) is 9.59 Å². The molecule has 3 aromatic rings. The van der Waals surface area contributed by atoms with Gasteiger partial charge in [-0.1, -0.05) is 95.1 Å². The van der Waals surface area contributed by atoms with E-state index in [0.29, 0.717) is 32.4 Å². The van der Waals surface area contributed by atoms with E-state index in [2.05, 4.69) is 52.4 Å². The Balaban J connectivity index is 1.88. The summed E-state index contributed by atoms with van der Waals surface area (Å²) >= 11 is 3.53. The second kappa shape index (κ2) is 13.1. The van der Waals surface area contributed by atoms with Gasteiger partial charge in [-0.25, -0.2) is 0 Å². The first-order chi connectivity index (χ1) is 16.5. The average Bonchev–Trinajstić information content (AvgIpc) is 2.85. The number of aryl methyl sites for hydroxylation is 2. The van der Waals surface area contributed by atoms with Gasteiger partial charge in [0, 0.05) is 30.4 Å². The summed E-state index contributed by atoms with van der Waals surface area (Å²) in [4.78, 5) is 28.7. The summed E-state index contributed by atoms with van der Waals surface area (Å²) in [5.41, 5.74) is 4.34. The van der Waals surface area contributed by atoms with Gasteiger partial charge in [0.25, 0.3) is 0 Å². The van der Waals surface area contributed by atoms with Crippen molar-refractivity contribution in [1.29, 1.82) is 0 Å². The van der Waals surface area contributed by atoms with Crippen LogP contribution in [0.5, 0.6) is 0 Å². The summed E-state index contributed by atoms with van der Waals surface area (Å²) in [7, 11) is 0. The third kappa shape index (κ3) is 7.84. The summed E-state index contributed by atoms with van der Waals surface area (Å²) < 4.78 is 0.951. The van der Waals surface area contributed by atoms with Crippen LogP contribution in [0.2, 0.25) is 0 Å². The van der Waals surface area contributed by atoms with E-state index >= 15 is 0 Å². The molecule has 0 saturated carbocycles. The molecule has 0 aliphatic rings. The zero-order valence-corrected chi connectivity index (χ0v) is 21.6. The maximum Gasteiger partial charge on any atom is 0.243 e. The first kappa shape index (κ1) is 25.7. The smallest absolute Gasteiger partial charge is 0.243 e. The number of amides is 2. The topological polar surface area (TPSA) is 49.4 Å². The predicted molar refractivity (Wildman–Crippen MR) is 141 cm³/mol. The second-order valence-electron chi connectivity index (χ2n) is 8.63. The Kier molecular flexibility index (Phi) is 9.89. The van der Waals surface area contributed by atoms with E-state index in [0.717, 1.165) is 27.6 Å². The Labute approximate surface area is 211 Å². The van der Waals surface area contributed by atoms with Crippen LogP contribution < -0.4 is 5.32 Å². The molecule has 4 nitrogen and oxygen atoms in total. The minimum atomic E-state index is -0.585. The maximum atomic E-state index is 13.6. The molecule has 3 rings (SSSR count). The van der Waals surface area contributed by atoms with Crippen LogP contribution in [0, 0.1) is 6.92 Å². The molecule has 0 heterocycles.